The summed E-state index contributed by atoms with van der Waals surface area (Å²) in [5.41, 5.74) is 0.712. The number of nitrogens with one attached hydrogen (secondary N) is 2. The third-order valence-corrected chi connectivity index (χ3v) is 4.51. The van der Waals surface area contributed by atoms with Gasteiger partial charge in [-0.15, -0.1) is 0 Å². The largest absolute Gasteiger partial charge is 0.329 e. The SMILES string of the molecule is C[C@@]1(c2ccc(Cl)c(F)c2)NC(=O)N[C@@H]1c1ccc(Cl)cc1. The maximum atomic E-state index is 13.8. The van der Waals surface area contributed by atoms with E-state index < -0.39 is 11.4 Å². The highest BCUT2D eigenvalue weighted by molar-refractivity contribution is 6.30. The van der Waals surface area contributed by atoms with Crippen LogP contribution in [0.2, 0.25) is 10.0 Å². The highest BCUT2D eigenvalue weighted by Crippen LogP contribution is 2.39. The van der Waals surface area contributed by atoms with Gasteiger partial charge in [-0.25, -0.2) is 9.18 Å². The summed E-state index contributed by atoms with van der Waals surface area (Å²) in [5, 5.41) is 6.39. The molecule has 0 spiro atoms. The maximum absolute atomic E-state index is 13.8. The van der Waals surface area contributed by atoms with E-state index in [4.69, 9.17) is 23.2 Å². The van der Waals surface area contributed by atoms with E-state index in [-0.39, 0.29) is 17.1 Å². The van der Waals surface area contributed by atoms with E-state index in [1.165, 1.54) is 12.1 Å². The molecule has 114 valence electrons. The Kier molecular flexibility index (Phi) is 3.75. The fourth-order valence-corrected chi connectivity index (χ4v) is 2.99. The molecular formula is C16H13Cl2FN2O. The zero-order valence-electron chi connectivity index (χ0n) is 11.7. The molecule has 2 atom stereocenters. The quantitative estimate of drug-likeness (QED) is 0.836. The Morgan fingerprint density at radius 1 is 1.14 bits per heavy atom. The molecule has 22 heavy (non-hydrogen) atoms. The van der Waals surface area contributed by atoms with E-state index >= 15 is 0 Å². The van der Waals surface area contributed by atoms with Gasteiger partial charge in [-0.2, -0.15) is 0 Å². The lowest BCUT2D eigenvalue weighted by molar-refractivity contribution is 0.245. The molecule has 0 aliphatic carbocycles. The smallest absolute Gasteiger partial charge is 0.316 e. The number of urea groups is 1. The van der Waals surface area contributed by atoms with E-state index in [9.17, 15) is 9.18 Å². The number of halogens is 3. The minimum atomic E-state index is -0.795. The second-order valence-corrected chi connectivity index (χ2v) is 6.26. The molecule has 6 heteroatoms. The Labute approximate surface area is 137 Å². The van der Waals surface area contributed by atoms with Crippen LogP contribution in [0, 0.1) is 5.82 Å². The summed E-state index contributed by atoms with van der Waals surface area (Å²) in [4.78, 5) is 11.9. The lowest BCUT2D eigenvalue weighted by atomic mass is 9.82. The van der Waals surface area contributed by atoms with Crippen LogP contribution in [0.5, 0.6) is 0 Å². The number of rotatable bonds is 2. The highest BCUT2D eigenvalue weighted by Gasteiger charge is 2.45. The molecule has 1 aliphatic rings. The van der Waals surface area contributed by atoms with Gasteiger partial charge in [-0.1, -0.05) is 41.4 Å². The number of carbonyl (C=O) groups excluding carboxylic acids is 1. The van der Waals surface area contributed by atoms with Gasteiger partial charge in [-0.05, 0) is 42.3 Å². The van der Waals surface area contributed by atoms with Crippen molar-refractivity contribution in [1.29, 1.82) is 0 Å². The minimum Gasteiger partial charge on any atom is -0.329 e. The molecule has 2 N–H and O–H groups in total. The molecule has 1 fully saturated rings. The van der Waals surface area contributed by atoms with Crippen molar-refractivity contribution in [1.82, 2.24) is 10.6 Å². The topological polar surface area (TPSA) is 41.1 Å². The number of hydrogen-bond acceptors (Lipinski definition) is 1. The lowest BCUT2D eigenvalue weighted by Crippen LogP contribution is -2.39. The lowest BCUT2D eigenvalue weighted by Gasteiger charge is -2.31. The Morgan fingerprint density at radius 3 is 2.45 bits per heavy atom. The van der Waals surface area contributed by atoms with Crippen LogP contribution >= 0.6 is 23.2 Å². The summed E-state index contributed by atoms with van der Waals surface area (Å²) in [6.45, 7) is 1.84. The van der Waals surface area contributed by atoms with Gasteiger partial charge in [0.15, 0.2) is 0 Å². The summed E-state index contributed by atoms with van der Waals surface area (Å²) in [5.74, 6) is -0.517. The van der Waals surface area contributed by atoms with Crippen molar-refractivity contribution in [2.45, 2.75) is 18.5 Å². The van der Waals surface area contributed by atoms with E-state index in [1.54, 1.807) is 18.2 Å². The summed E-state index contributed by atoms with van der Waals surface area (Å²) in [6, 6.07) is 11.1. The molecule has 0 radical (unpaired) electrons. The van der Waals surface area contributed by atoms with Gasteiger partial charge in [0.2, 0.25) is 0 Å². The van der Waals surface area contributed by atoms with Crippen LogP contribution in [0.1, 0.15) is 24.1 Å². The Hall–Kier alpha value is -1.78. The van der Waals surface area contributed by atoms with Crippen LogP contribution in [0.15, 0.2) is 42.5 Å². The molecule has 3 nitrogen and oxygen atoms in total. The van der Waals surface area contributed by atoms with Gasteiger partial charge < -0.3 is 10.6 Å². The van der Waals surface area contributed by atoms with Crippen molar-refractivity contribution >= 4 is 29.2 Å². The molecular weight excluding hydrogens is 326 g/mol. The first kappa shape index (κ1) is 15.1. The first-order valence-corrected chi connectivity index (χ1v) is 7.45. The molecule has 3 rings (SSSR count). The fourth-order valence-electron chi connectivity index (χ4n) is 2.75. The molecule has 0 unspecified atom stereocenters. The molecule has 1 saturated heterocycles. The Morgan fingerprint density at radius 2 is 1.82 bits per heavy atom. The van der Waals surface area contributed by atoms with Gasteiger partial charge in [0.1, 0.15) is 5.82 Å². The maximum Gasteiger partial charge on any atom is 0.316 e. The van der Waals surface area contributed by atoms with Crippen molar-refractivity contribution < 1.29 is 9.18 Å². The van der Waals surface area contributed by atoms with Gasteiger partial charge in [0, 0.05) is 5.02 Å². The standard InChI is InChI=1S/C16H13Cl2FN2O/c1-16(10-4-7-12(18)13(19)8-10)14(20-15(22)21-16)9-2-5-11(17)6-3-9/h2-8,14H,1H3,(H2,20,21,22)/t14-,16+/m1/s1. The first-order valence-electron chi connectivity index (χ1n) is 6.70. The third kappa shape index (κ3) is 2.53. The van der Waals surface area contributed by atoms with Gasteiger partial charge >= 0.3 is 6.03 Å². The number of hydrogen-bond donors (Lipinski definition) is 2. The monoisotopic (exact) mass is 338 g/mol. The summed E-state index contributed by atoms with van der Waals surface area (Å²) >= 11 is 11.6. The normalized spacial score (nSPS) is 24.0. The average molecular weight is 339 g/mol. The summed E-state index contributed by atoms with van der Waals surface area (Å²) < 4.78 is 13.8. The van der Waals surface area contributed by atoms with E-state index in [1.807, 2.05) is 19.1 Å². The molecule has 0 saturated carbocycles. The Balaban J connectivity index is 2.06. The van der Waals surface area contributed by atoms with Crippen LogP contribution in [0.3, 0.4) is 0 Å². The molecule has 2 aromatic carbocycles. The van der Waals surface area contributed by atoms with Crippen LogP contribution in [0.25, 0.3) is 0 Å². The molecule has 1 aliphatic heterocycles. The van der Waals surface area contributed by atoms with Crippen LogP contribution in [0.4, 0.5) is 9.18 Å². The number of benzene rings is 2. The van der Waals surface area contributed by atoms with E-state index in [0.717, 1.165) is 5.56 Å². The van der Waals surface area contributed by atoms with Crippen LogP contribution in [-0.2, 0) is 5.54 Å². The number of carbonyl (C=O) groups is 1. The average Bonchev–Trinajstić information content (AvgIpc) is 2.79. The first-order chi connectivity index (χ1) is 10.4. The molecule has 0 aromatic heterocycles. The fraction of sp³-hybridized carbons (Fsp3) is 0.188. The van der Waals surface area contributed by atoms with Gasteiger partial charge in [-0.3, -0.25) is 0 Å². The second kappa shape index (κ2) is 5.45. The minimum absolute atomic E-state index is 0.0488. The third-order valence-electron chi connectivity index (χ3n) is 3.95. The van der Waals surface area contributed by atoms with Crippen molar-refractivity contribution in [3.8, 4) is 0 Å². The highest BCUT2D eigenvalue weighted by atomic mass is 35.5. The number of amides is 2. The van der Waals surface area contributed by atoms with Crippen LogP contribution in [-0.4, -0.2) is 6.03 Å². The zero-order valence-corrected chi connectivity index (χ0v) is 13.2. The van der Waals surface area contributed by atoms with Crippen molar-refractivity contribution in [3.05, 3.63) is 69.5 Å². The molecule has 1 heterocycles. The van der Waals surface area contributed by atoms with Crippen molar-refractivity contribution in [2.75, 3.05) is 0 Å². The predicted octanol–water partition coefficient (Wildman–Crippen LogP) is 4.40. The van der Waals surface area contributed by atoms with E-state index in [0.29, 0.717) is 10.6 Å². The molecule has 2 amide bonds. The predicted molar refractivity (Wildman–Crippen MR) is 84.6 cm³/mol. The second-order valence-electron chi connectivity index (χ2n) is 5.41. The van der Waals surface area contributed by atoms with Gasteiger partial charge in [0.05, 0.1) is 16.6 Å². The molecule has 2 aromatic rings. The Bertz CT molecular complexity index is 735. The van der Waals surface area contributed by atoms with Crippen LogP contribution < -0.4 is 10.6 Å². The zero-order chi connectivity index (χ0) is 15.9. The van der Waals surface area contributed by atoms with Crippen molar-refractivity contribution in [3.63, 3.8) is 0 Å². The molecule has 0 bridgehead atoms. The summed E-state index contributed by atoms with van der Waals surface area (Å²) in [6.07, 6.45) is 0. The summed E-state index contributed by atoms with van der Waals surface area (Å²) in [7, 11) is 0. The van der Waals surface area contributed by atoms with Crippen molar-refractivity contribution in [2.24, 2.45) is 0 Å². The van der Waals surface area contributed by atoms with E-state index in [2.05, 4.69) is 10.6 Å². The van der Waals surface area contributed by atoms with Gasteiger partial charge in [0.25, 0.3) is 0 Å².